The standard InChI is InChI=1S/C9H11NO4/c1-7(11)14-10-5-3-4-8(6-10)9(12)13-2/h3H,5-6H2,1-2H3. The molecule has 0 saturated carbocycles. The van der Waals surface area contributed by atoms with Gasteiger partial charge in [-0.05, 0) is 6.08 Å². The quantitative estimate of drug-likeness (QED) is 0.462. The maximum Gasteiger partial charge on any atom is 0.343 e. The molecule has 0 radical (unpaired) electrons. The van der Waals surface area contributed by atoms with Crippen molar-refractivity contribution < 1.29 is 19.2 Å². The van der Waals surface area contributed by atoms with E-state index in [9.17, 15) is 9.59 Å². The summed E-state index contributed by atoms with van der Waals surface area (Å²) in [6.45, 7) is 1.95. The Morgan fingerprint density at radius 3 is 2.86 bits per heavy atom. The van der Waals surface area contributed by atoms with Crippen LogP contribution in [0.25, 0.3) is 0 Å². The van der Waals surface area contributed by atoms with E-state index in [0.29, 0.717) is 12.1 Å². The summed E-state index contributed by atoms with van der Waals surface area (Å²) in [6, 6.07) is 0. The minimum absolute atomic E-state index is 0.211. The number of nitrogens with zero attached hydrogens (tertiary/aromatic N) is 1. The van der Waals surface area contributed by atoms with Gasteiger partial charge < -0.3 is 9.57 Å². The third-order valence-electron chi connectivity index (χ3n) is 1.60. The fraction of sp³-hybridized carbons (Fsp3) is 0.444. The summed E-state index contributed by atoms with van der Waals surface area (Å²) in [5, 5.41) is 1.37. The second kappa shape index (κ2) is 4.60. The molecule has 0 aromatic carbocycles. The van der Waals surface area contributed by atoms with E-state index in [1.54, 1.807) is 6.08 Å². The molecule has 0 bridgehead atoms. The van der Waals surface area contributed by atoms with Crippen molar-refractivity contribution in [3.63, 3.8) is 0 Å². The van der Waals surface area contributed by atoms with Crippen LogP contribution < -0.4 is 0 Å². The SMILES string of the molecule is COC(=O)C1=C=CCN(OC(C)=O)C1. The predicted octanol–water partition coefficient (Wildman–Crippen LogP) is 0.0346. The zero-order valence-electron chi connectivity index (χ0n) is 8.07. The Morgan fingerprint density at radius 2 is 2.29 bits per heavy atom. The van der Waals surface area contributed by atoms with Crippen LogP contribution in [0.1, 0.15) is 6.92 Å². The molecule has 0 saturated heterocycles. The van der Waals surface area contributed by atoms with Crippen molar-refractivity contribution in [1.82, 2.24) is 5.06 Å². The van der Waals surface area contributed by atoms with Gasteiger partial charge in [0.15, 0.2) is 0 Å². The topological polar surface area (TPSA) is 55.8 Å². The molecule has 5 nitrogen and oxygen atoms in total. The van der Waals surface area contributed by atoms with Crippen LogP contribution in [0.5, 0.6) is 0 Å². The Morgan fingerprint density at radius 1 is 1.57 bits per heavy atom. The van der Waals surface area contributed by atoms with Gasteiger partial charge in [-0.1, -0.05) is 0 Å². The first kappa shape index (κ1) is 10.5. The highest BCUT2D eigenvalue weighted by Gasteiger charge is 2.18. The predicted molar refractivity (Wildman–Crippen MR) is 47.0 cm³/mol. The molecular formula is C9H11NO4. The summed E-state index contributed by atoms with van der Waals surface area (Å²) in [5.41, 5.74) is 3.10. The third-order valence-corrected chi connectivity index (χ3v) is 1.60. The van der Waals surface area contributed by atoms with Crippen LogP contribution in [0.15, 0.2) is 17.4 Å². The summed E-state index contributed by atoms with van der Waals surface area (Å²) in [7, 11) is 1.29. The van der Waals surface area contributed by atoms with E-state index in [1.807, 2.05) is 0 Å². The van der Waals surface area contributed by atoms with Crippen molar-refractivity contribution >= 4 is 11.9 Å². The van der Waals surface area contributed by atoms with Crippen LogP contribution in [-0.2, 0) is 19.2 Å². The van der Waals surface area contributed by atoms with E-state index in [2.05, 4.69) is 10.5 Å². The largest absolute Gasteiger partial charge is 0.465 e. The Balaban J connectivity index is 2.60. The lowest BCUT2D eigenvalue weighted by Crippen LogP contribution is -2.32. The lowest BCUT2D eigenvalue weighted by Gasteiger charge is -2.20. The summed E-state index contributed by atoms with van der Waals surface area (Å²) in [5.74, 6) is -0.873. The Kier molecular flexibility index (Phi) is 3.45. The third kappa shape index (κ3) is 2.73. The number of hydroxylamine groups is 2. The monoisotopic (exact) mass is 197 g/mol. The number of hydrogen-bond donors (Lipinski definition) is 0. The van der Waals surface area contributed by atoms with Crippen molar-refractivity contribution in [2.24, 2.45) is 0 Å². The first-order chi connectivity index (χ1) is 6.63. The Labute approximate surface area is 81.5 Å². The highest BCUT2D eigenvalue weighted by molar-refractivity contribution is 5.88. The molecule has 0 amide bonds. The smallest absolute Gasteiger partial charge is 0.343 e. The summed E-state index contributed by atoms with van der Waals surface area (Å²) in [4.78, 5) is 26.5. The summed E-state index contributed by atoms with van der Waals surface area (Å²) >= 11 is 0. The second-order valence-corrected chi connectivity index (χ2v) is 2.72. The average molecular weight is 197 g/mol. The molecule has 0 atom stereocenters. The first-order valence-corrected chi connectivity index (χ1v) is 4.09. The highest BCUT2D eigenvalue weighted by atomic mass is 16.7. The van der Waals surface area contributed by atoms with Gasteiger partial charge in [0.1, 0.15) is 0 Å². The second-order valence-electron chi connectivity index (χ2n) is 2.72. The molecule has 1 rings (SSSR count). The summed E-state index contributed by atoms with van der Waals surface area (Å²) < 4.78 is 4.52. The van der Waals surface area contributed by atoms with E-state index >= 15 is 0 Å². The summed E-state index contributed by atoms with van der Waals surface area (Å²) in [6.07, 6.45) is 1.61. The van der Waals surface area contributed by atoms with Gasteiger partial charge >= 0.3 is 11.9 Å². The molecule has 1 heterocycles. The van der Waals surface area contributed by atoms with Gasteiger partial charge in [-0.25, -0.2) is 4.79 Å². The fourth-order valence-electron chi connectivity index (χ4n) is 1.06. The lowest BCUT2D eigenvalue weighted by molar-refractivity contribution is -0.184. The number of ether oxygens (including phenoxy) is 1. The van der Waals surface area contributed by atoms with Gasteiger partial charge in [0.2, 0.25) is 0 Å². The average Bonchev–Trinajstić information content (AvgIpc) is 2.16. The normalized spacial score (nSPS) is 16.0. The highest BCUT2D eigenvalue weighted by Crippen LogP contribution is 2.06. The van der Waals surface area contributed by atoms with E-state index in [-0.39, 0.29) is 6.54 Å². The van der Waals surface area contributed by atoms with Crippen LogP contribution in [0.3, 0.4) is 0 Å². The van der Waals surface area contributed by atoms with Crippen LogP contribution in [-0.4, -0.2) is 37.2 Å². The molecule has 0 aromatic rings. The van der Waals surface area contributed by atoms with Crippen LogP contribution in [0, 0.1) is 0 Å². The molecule has 1 aliphatic rings. The van der Waals surface area contributed by atoms with Crippen molar-refractivity contribution in [1.29, 1.82) is 0 Å². The zero-order valence-corrected chi connectivity index (χ0v) is 8.07. The molecule has 0 spiro atoms. The van der Waals surface area contributed by atoms with Gasteiger partial charge in [0, 0.05) is 6.92 Å². The number of carbonyl (C=O) groups excluding carboxylic acids is 2. The van der Waals surface area contributed by atoms with Gasteiger partial charge in [0.05, 0.1) is 25.8 Å². The van der Waals surface area contributed by atoms with Gasteiger partial charge in [-0.2, -0.15) is 0 Å². The van der Waals surface area contributed by atoms with Gasteiger partial charge in [0.25, 0.3) is 0 Å². The maximum absolute atomic E-state index is 11.1. The number of rotatable bonds is 2. The molecule has 0 aromatic heterocycles. The number of methoxy groups -OCH3 is 1. The van der Waals surface area contributed by atoms with Crippen molar-refractivity contribution in [3.8, 4) is 0 Å². The van der Waals surface area contributed by atoms with Gasteiger partial charge in [-0.3, -0.25) is 4.79 Å². The van der Waals surface area contributed by atoms with Crippen LogP contribution in [0.4, 0.5) is 0 Å². The Bertz CT molecular complexity index is 315. The molecule has 0 aliphatic carbocycles. The molecule has 0 fully saturated rings. The maximum atomic E-state index is 11.1. The van der Waals surface area contributed by atoms with E-state index in [4.69, 9.17) is 4.84 Å². The molecule has 5 heteroatoms. The van der Waals surface area contributed by atoms with E-state index in [1.165, 1.54) is 19.1 Å². The van der Waals surface area contributed by atoms with E-state index < -0.39 is 11.9 Å². The van der Waals surface area contributed by atoms with Crippen molar-refractivity contribution in [2.75, 3.05) is 20.2 Å². The molecular weight excluding hydrogens is 186 g/mol. The zero-order chi connectivity index (χ0) is 10.6. The number of carbonyl (C=O) groups is 2. The minimum Gasteiger partial charge on any atom is -0.465 e. The minimum atomic E-state index is -0.460. The van der Waals surface area contributed by atoms with Crippen LogP contribution in [0.2, 0.25) is 0 Å². The number of hydrogen-bond acceptors (Lipinski definition) is 5. The van der Waals surface area contributed by atoms with Crippen molar-refractivity contribution in [2.45, 2.75) is 6.92 Å². The molecule has 76 valence electrons. The lowest BCUT2D eigenvalue weighted by atomic mass is 10.2. The molecule has 1 aliphatic heterocycles. The number of esters is 1. The Hall–Kier alpha value is -1.58. The van der Waals surface area contributed by atoms with E-state index in [0.717, 1.165) is 0 Å². The first-order valence-electron chi connectivity index (χ1n) is 4.09. The van der Waals surface area contributed by atoms with Gasteiger partial charge in [-0.15, -0.1) is 10.8 Å². The fourth-order valence-corrected chi connectivity index (χ4v) is 1.06. The molecule has 0 N–H and O–H groups in total. The van der Waals surface area contributed by atoms with Crippen LogP contribution >= 0.6 is 0 Å². The molecule has 14 heavy (non-hydrogen) atoms. The molecule has 0 unspecified atom stereocenters. The van der Waals surface area contributed by atoms with Crippen molar-refractivity contribution in [3.05, 3.63) is 17.4 Å².